The summed E-state index contributed by atoms with van der Waals surface area (Å²) >= 11 is 3.36. The number of esters is 1. The lowest BCUT2D eigenvalue weighted by molar-refractivity contribution is -0.133. The smallest absolute Gasteiger partial charge is 0.339 e. The van der Waals surface area contributed by atoms with Gasteiger partial charge in [-0.2, -0.15) is 0 Å². The lowest BCUT2D eigenvalue weighted by atomic mass is 9.95. The van der Waals surface area contributed by atoms with Crippen molar-refractivity contribution in [2.24, 2.45) is 0 Å². The van der Waals surface area contributed by atoms with Gasteiger partial charge in [-0.05, 0) is 36.2 Å². The summed E-state index contributed by atoms with van der Waals surface area (Å²) in [4.78, 5) is 11.4. The molecular weight excluding hydrogens is 430 g/mol. The number of halogens is 3. The van der Waals surface area contributed by atoms with Crippen molar-refractivity contribution in [3.8, 4) is 0 Å². The Labute approximate surface area is 157 Å². The first-order chi connectivity index (χ1) is 12.1. The van der Waals surface area contributed by atoms with Gasteiger partial charge in [-0.3, -0.25) is 0 Å². The van der Waals surface area contributed by atoms with Gasteiger partial charge in [0.25, 0.3) is 0 Å². The average Bonchev–Trinajstić information content (AvgIpc) is 2.92. The van der Waals surface area contributed by atoms with Crippen LogP contribution in [0.15, 0.2) is 39.7 Å². The summed E-state index contributed by atoms with van der Waals surface area (Å²) in [6.45, 7) is 1.60. The number of hydrogen-bond acceptors (Lipinski definition) is 4. The second-order valence-corrected chi connectivity index (χ2v) is 8.77. The van der Waals surface area contributed by atoms with Crippen LogP contribution in [0.3, 0.4) is 0 Å². The van der Waals surface area contributed by atoms with Gasteiger partial charge >= 0.3 is 5.97 Å². The van der Waals surface area contributed by atoms with E-state index in [0.717, 1.165) is 22.4 Å². The fourth-order valence-electron chi connectivity index (χ4n) is 2.75. The molecule has 0 N–H and O–H groups in total. The van der Waals surface area contributed by atoms with Crippen molar-refractivity contribution >= 4 is 42.9 Å². The van der Waals surface area contributed by atoms with Crippen LogP contribution in [0.4, 0.5) is 8.78 Å². The average molecular weight is 443 g/mol. The molecular formula is C18H13BrF2O4S. The van der Waals surface area contributed by atoms with Crippen LogP contribution in [0.5, 0.6) is 0 Å². The number of ether oxygens (including phenoxy) is 1. The van der Waals surface area contributed by atoms with E-state index in [9.17, 15) is 22.0 Å². The third-order valence-corrected chi connectivity index (χ3v) is 6.05. The monoisotopic (exact) mass is 442 g/mol. The quantitative estimate of drug-likeness (QED) is 0.676. The maximum absolute atomic E-state index is 14.5. The highest BCUT2D eigenvalue weighted by molar-refractivity contribution is 9.10. The molecule has 0 fully saturated rings. The van der Waals surface area contributed by atoms with E-state index in [1.54, 1.807) is 18.2 Å². The van der Waals surface area contributed by atoms with Crippen molar-refractivity contribution in [3.05, 3.63) is 63.1 Å². The molecule has 1 heterocycles. The molecule has 0 saturated heterocycles. The van der Waals surface area contributed by atoms with Crippen molar-refractivity contribution < 1.29 is 26.7 Å². The van der Waals surface area contributed by atoms with Gasteiger partial charge in [0.2, 0.25) is 0 Å². The predicted octanol–water partition coefficient (Wildman–Crippen LogP) is 3.91. The van der Waals surface area contributed by atoms with Crippen LogP contribution >= 0.6 is 15.9 Å². The molecule has 0 amide bonds. The number of rotatable bonds is 3. The highest BCUT2D eigenvalue weighted by atomic mass is 79.9. The number of hydrogen-bond donors (Lipinski definition) is 0. The number of carbonyl (C=O) groups is 1. The molecule has 0 aromatic heterocycles. The summed E-state index contributed by atoms with van der Waals surface area (Å²) in [5.41, 5.74) is 1.47. The largest absolute Gasteiger partial charge is 0.457 e. The molecule has 2 aromatic carbocycles. The standard InChI is InChI=1S/C18H13BrF2O4S/c1-9-5-10(3-4-13(9)19)17-12(8-25-18(17)22)11-6-15(21)16(7-14(11)20)26(2,23)24/h3-7H,8H2,1-2H3. The van der Waals surface area contributed by atoms with Crippen LogP contribution in [0.1, 0.15) is 16.7 Å². The van der Waals surface area contributed by atoms with Gasteiger partial charge in [0, 0.05) is 21.9 Å². The normalized spacial score (nSPS) is 14.7. The third-order valence-electron chi connectivity index (χ3n) is 4.05. The number of sulfone groups is 1. The molecule has 4 nitrogen and oxygen atoms in total. The molecule has 0 atom stereocenters. The Bertz CT molecular complexity index is 1070. The molecule has 0 spiro atoms. The number of cyclic esters (lactones) is 1. The maximum Gasteiger partial charge on any atom is 0.339 e. The van der Waals surface area contributed by atoms with E-state index in [0.29, 0.717) is 11.6 Å². The van der Waals surface area contributed by atoms with Gasteiger partial charge in [0.15, 0.2) is 9.84 Å². The lowest BCUT2D eigenvalue weighted by Crippen LogP contribution is -2.04. The molecule has 26 heavy (non-hydrogen) atoms. The summed E-state index contributed by atoms with van der Waals surface area (Å²) in [5, 5.41) is 0. The molecule has 8 heteroatoms. The third kappa shape index (κ3) is 3.31. The second kappa shape index (κ2) is 6.59. The summed E-state index contributed by atoms with van der Waals surface area (Å²) in [6, 6.07) is 6.54. The van der Waals surface area contributed by atoms with E-state index in [4.69, 9.17) is 4.74 Å². The zero-order valence-electron chi connectivity index (χ0n) is 13.8. The second-order valence-electron chi connectivity index (χ2n) is 5.93. The van der Waals surface area contributed by atoms with Crippen LogP contribution in [0.2, 0.25) is 0 Å². The highest BCUT2D eigenvalue weighted by Gasteiger charge is 2.30. The first-order valence-corrected chi connectivity index (χ1v) is 10.1. The van der Waals surface area contributed by atoms with E-state index in [2.05, 4.69) is 15.9 Å². The zero-order valence-corrected chi connectivity index (χ0v) is 16.2. The minimum atomic E-state index is -3.92. The zero-order chi connectivity index (χ0) is 19.2. The molecule has 136 valence electrons. The van der Waals surface area contributed by atoms with Gasteiger partial charge in [-0.1, -0.05) is 28.1 Å². The predicted molar refractivity (Wildman–Crippen MR) is 96.1 cm³/mol. The fraction of sp³-hybridized carbons (Fsp3) is 0.167. The van der Waals surface area contributed by atoms with Crippen molar-refractivity contribution in [2.75, 3.05) is 12.9 Å². The van der Waals surface area contributed by atoms with Crippen LogP contribution in [0, 0.1) is 18.6 Å². The van der Waals surface area contributed by atoms with Crippen LogP contribution < -0.4 is 0 Å². The van der Waals surface area contributed by atoms with Crippen molar-refractivity contribution in [1.29, 1.82) is 0 Å². The molecule has 0 radical (unpaired) electrons. The van der Waals surface area contributed by atoms with Crippen molar-refractivity contribution in [3.63, 3.8) is 0 Å². The van der Waals surface area contributed by atoms with Crippen LogP contribution in [-0.4, -0.2) is 27.2 Å². The van der Waals surface area contributed by atoms with Crippen molar-refractivity contribution in [2.45, 2.75) is 11.8 Å². The summed E-state index contributed by atoms with van der Waals surface area (Å²) in [7, 11) is -3.92. The molecule has 0 unspecified atom stereocenters. The van der Waals surface area contributed by atoms with E-state index < -0.39 is 32.3 Å². The first-order valence-electron chi connectivity index (χ1n) is 7.46. The number of benzene rings is 2. The summed E-state index contributed by atoms with van der Waals surface area (Å²) in [6.07, 6.45) is 0.794. The number of aryl methyl sites for hydroxylation is 1. The minimum Gasteiger partial charge on any atom is -0.457 e. The van der Waals surface area contributed by atoms with Gasteiger partial charge in [-0.15, -0.1) is 0 Å². The van der Waals surface area contributed by atoms with Crippen LogP contribution in [0.25, 0.3) is 11.1 Å². The molecule has 0 saturated carbocycles. The maximum atomic E-state index is 14.5. The van der Waals surface area contributed by atoms with E-state index >= 15 is 0 Å². The Morgan fingerprint density at radius 2 is 1.81 bits per heavy atom. The SMILES string of the molecule is Cc1cc(C2=C(c3cc(F)c(S(C)(=O)=O)cc3F)COC2=O)ccc1Br. The Balaban J connectivity index is 2.23. The lowest BCUT2D eigenvalue weighted by Gasteiger charge is -2.09. The van der Waals surface area contributed by atoms with E-state index in [-0.39, 0.29) is 23.3 Å². The Kier molecular flexibility index (Phi) is 4.74. The molecule has 2 aromatic rings. The van der Waals surface area contributed by atoms with Gasteiger partial charge in [0.05, 0.1) is 5.57 Å². The number of carbonyl (C=O) groups excluding carboxylic acids is 1. The summed E-state index contributed by atoms with van der Waals surface area (Å²) < 4.78 is 57.7. The summed E-state index contributed by atoms with van der Waals surface area (Å²) in [5.74, 6) is -2.66. The Morgan fingerprint density at radius 3 is 2.42 bits per heavy atom. The molecule has 1 aliphatic rings. The van der Waals surface area contributed by atoms with Gasteiger partial charge in [0.1, 0.15) is 23.1 Å². The van der Waals surface area contributed by atoms with E-state index in [1.807, 2.05) is 6.92 Å². The van der Waals surface area contributed by atoms with Gasteiger partial charge < -0.3 is 4.74 Å². The molecule has 3 rings (SSSR count). The molecule has 0 bridgehead atoms. The highest BCUT2D eigenvalue weighted by Crippen LogP contribution is 2.36. The fourth-order valence-corrected chi connectivity index (χ4v) is 3.73. The van der Waals surface area contributed by atoms with Crippen LogP contribution in [-0.2, 0) is 19.4 Å². The Morgan fingerprint density at radius 1 is 1.12 bits per heavy atom. The van der Waals surface area contributed by atoms with E-state index in [1.165, 1.54) is 0 Å². The van der Waals surface area contributed by atoms with Gasteiger partial charge in [-0.25, -0.2) is 22.0 Å². The molecule has 0 aliphatic carbocycles. The van der Waals surface area contributed by atoms with Crippen molar-refractivity contribution in [1.82, 2.24) is 0 Å². The Hall–Kier alpha value is -2.06. The topological polar surface area (TPSA) is 60.4 Å². The first kappa shape index (κ1) is 18.7. The minimum absolute atomic E-state index is 0.131. The molecule has 1 aliphatic heterocycles.